The van der Waals surface area contributed by atoms with Crippen LogP contribution in [0.1, 0.15) is 25.0 Å². The summed E-state index contributed by atoms with van der Waals surface area (Å²) in [5, 5.41) is 7.63. The lowest BCUT2D eigenvalue weighted by Crippen LogP contribution is -2.25. The van der Waals surface area contributed by atoms with Crippen LogP contribution in [0.3, 0.4) is 0 Å². The standard InChI is InChI=1S/C43H32NOP/c1-43(2)36-21-11-9-19-34(36)42-40-29(14-13-22-37(40)43)28-39-41(42)35-20-10-12-23-38(35)44(39)30-24-26-33(27-25-30)46(45,31-15-5-3-6-16-31)32-17-7-4-8-18-32/h3-28H,1-2H3. The number of nitrogens with zero attached hydrogens (tertiary/aromatic N) is 1. The molecule has 1 aromatic heterocycles. The van der Waals surface area contributed by atoms with E-state index in [1.165, 1.54) is 49.3 Å². The fraction of sp³-hybridized carbons (Fsp3) is 0.0698. The quantitative estimate of drug-likeness (QED) is 0.182. The van der Waals surface area contributed by atoms with E-state index in [0.717, 1.165) is 27.1 Å². The molecule has 1 heterocycles. The molecule has 0 fully saturated rings. The van der Waals surface area contributed by atoms with E-state index in [2.05, 4.69) is 115 Å². The van der Waals surface area contributed by atoms with Crippen LogP contribution < -0.4 is 15.9 Å². The summed E-state index contributed by atoms with van der Waals surface area (Å²) in [4.78, 5) is 0. The van der Waals surface area contributed by atoms with Crippen molar-refractivity contribution >= 4 is 55.6 Å². The lowest BCUT2D eigenvalue weighted by atomic mass is 9.68. The Balaban J connectivity index is 1.33. The number of hydrogen-bond acceptors (Lipinski definition) is 1. The van der Waals surface area contributed by atoms with Crippen molar-refractivity contribution in [3.63, 3.8) is 0 Å². The first kappa shape index (κ1) is 27.2. The normalized spacial score (nSPS) is 13.7. The monoisotopic (exact) mass is 609 g/mol. The summed E-state index contributed by atoms with van der Waals surface area (Å²) in [6.45, 7) is 4.70. The first-order valence-corrected chi connectivity index (χ1v) is 17.6. The number of rotatable bonds is 4. The van der Waals surface area contributed by atoms with Crippen molar-refractivity contribution in [2.75, 3.05) is 0 Å². The Labute approximate surface area is 269 Å². The molecule has 46 heavy (non-hydrogen) atoms. The van der Waals surface area contributed by atoms with Gasteiger partial charge in [0.25, 0.3) is 0 Å². The molecule has 0 saturated heterocycles. The molecule has 8 aromatic rings. The molecule has 0 saturated carbocycles. The molecule has 7 aromatic carbocycles. The predicted octanol–water partition coefficient (Wildman–Crippen LogP) is 9.88. The minimum atomic E-state index is -3.07. The van der Waals surface area contributed by atoms with Gasteiger partial charge in [-0.3, -0.25) is 0 Å². The molecule has 2 nitrogen and oxygen atoms in total. The summed E-state index contributed by atoms with van der Waals surface area (Å²) in [5.41, 5.74) is 8.66. The third kappa shape index (κ3) is 3.68. The van der Waals surface area contributed by atoms with E-state index in [1.54, 1.807) is 0 Å². The van der Waals surface area contributed by atoms with Crippen LogP contribution in [0.15, 0.2) is 158 Å². The summed E-state index contributed by atoms with van der Waals surface area (Å²) in [6, 6.07) is 55.0. The molecular weight excluding hydrogens is 577 g/mol. The highest BCUT2D eigenvalue weighted by molar-refractivity contribution is 7.85. The van der Waals surface area contributed by atoms with Crippen LogP contribution in [0.4, 0.5) is 0 Å². The van der Waals surface area contributed by atoms with Crippen molar-refractivity contribution < 1.29 is 4.57 Å². The number of fused-ring (bicyclic) bond motifs is 6. The molecule has 220 valence electrons. The van der Waals surface area contributed by atoms with Crippen molar-refractivity contribution in [3.8, 4) is 16.8 Å². The summed E-state index contributed by atoms with van der Waals surface area (Å²) in [7, 11) is -3.07. The van der Waals surface area contributed by atoms with Gasteiger partial charge in [-0.1, -0.05) is 135 Å². The van der Waals surface area contributed by atoms with Crippen LogP contribution in [0, 0.1) is 0 Å². The molecule has 1 aliphatic carbocycles. The summed E-state index contributed by atoms with van der Waals surface area (Å²) in [6.07, 6.45) is 0. The highest BCUT2D eigenvalue weighted by atomic mass is 31.2. The fourth-order valence-electron chi connectivity index (χ4n) is 7.90. The molecule has 0 radical (unpaired) electrons. The largest absolute Gasteiger partial charge is 0.309 e. The first-order chi connectivity index (χ1) is 22.5. The second-order valence-corrected chi connectivity index (χ2v) is 15.6. The van der Waals surface area contributed by atoms with E-state index in [9.17, 15) is 0 Å². The first-order valence-electron chi connectivity index (χ1n) is 15.9. The van der Waals surface area contributed by atoms with Gasteiger partial charge in [-0.05, 0) is 63.9 Å². The van der Waals surface area contributed by atoms with Crippen LogP contribution in [0.2, 0.25) is 0 Å². The summed E-state index contributed by atoms with van der Waals surface area (Å²) < 4.78 is 17.5. The van der Waals surface area contributed by atoms with Crippen molar-refractivity contribution in [2.24, 2.45) is 0 Å². The highest BCUT2D eigenvalue weighted by Crippen LogP contribution is 2.53. The zero-order chi connectivity index (χ0) is 31.0. The SMILES string of the molecule is CC1(C)c2ccccc2-c2c3c1cccc3cc1c2c2ccccc2n1-c1ccc(P(=O)(c2ccccc2)c2ccccc2)cc1. The second kappa shape index (κ2) is 9.91. The molecular formula is C43H32NOP. The minimum Gasteiger partial charge on any atom is -0.309 e. The highest BCUT2D eigenvalue weighted by Gasteiger charge is 2.35. The van der Waals surface area contributed by atoms with Gasteiger partial charge in [0, 0.05) is 43.4 Å². The van der Waals surface area contributed by atoms with Crippen LogP contribution in [0.5, 0.6) is 0 Å². The van der Waals surface area contributed by atoms with Crippen LogP contribution in [-0.2, 0) is 9.98 Å². The maximum absolute atomic E-state index is 15.1. The lowest BCUT2D eigenvalue weighted by molar-refractivity contribution is 0.592. The second-order valence-electron chi connectivity index (χ2n) is 12.9. The van der Waals surface area contributed by atoms with Gasteiger partial charge in [-0.15, -0.1) is 0 Å². The molecule has 0 N–H and O–H groups in total. The van der Waals surface area contributed by atoms with Gasteiger partial charge in [0.2, 0.25) is 0 Å². The maximum atomic E-state index is 15.1. The topological polar surface area (TPSA) is 22.0 Å². The average molecular weight is 610 g/mol. The van der Waals surface area contributed by atoms with Crippen molar-refractivity contribution in [3.05, 3.63) is 169 Å². The third-order valence-electron chi connectivity index (χ3n) is 10.1. The van der Waals surface area contributed by atoms with Gasteiger partial charge in [-0.25, -0.2) is 0 Å². The van der Waals surface area contributed by atoms with Crippen molar-refractivity contribution in [1.29, 1.82) is 0 Å². The minimum absolute atomic E-state index is 0.101. The van der Waals surface area contributed by atoms with Crippen molar-refractivity contribution in [2.45, 2.75) is 19.3 Å². The zero-order valence-corrected chi connectivity index (χ0v) is 26.7. The number of aromatic nitrogens is 1. The van der Waals surface area contributed by atoms with E-state index in [-0.39, 0.29) is 5.41 Å². The van der Waals surface area contributed by atoms with Crippen LogP contribution in [0.25, 0.3) is 49.4 Å². The fourth-order valence-corrected chi connectivity index (χ4v) is 10.5. The predicted molar refractivity (Wildman–Crippen MR) is 195 cm³/mol. The Morgan fingerprint density at radius 1 is 0.522 bits per heavy atom. The molecule has 0 amide bonds. The molecule has 0 bridgehead atoms. The number of benzene rings is 7. The van der Waals surface area contributed by atoms with Crippen LogP contribution in [-0.4, -0.2) is 4.57 Å². The third-order valence-corrected chi connectivity index (χ3v) is 13.1. The average Bonchev–Trinajstić information content (AvgIpc) is 3.44. The molecule has 0 atom stereocenters. The molecule has 0 spiro atoms. The van der Waals surface area contributed by atoms with Gasteiger partial charge in [0.05, 0.1) is 11.0 Å². The van der Waals surface area contributed by atoms with Crippen molar-refractivity contribution in [1.82, 2.24) is 4.57 Å². The van der Waals surface area contributed by atoms with E-state index in [0.29, 0.717) is 0 Å². The van der Waals surface area contributed by atoms with Gasteiger partial charge < -0.3 is 9.13 Å². The summed E-state index contributed by atoms with van der Waals surface area (Å²) in [5.74, 6) is 0. The number of hydrogen-bond donors (Lipinski definition) is 0. The number of para-hydroxylation sites is 1. The molecule has 0 aliphatic heterocycles. The Kier molecular flexibility index (Phi) is 5.85. The van der Waals surface area contributed by atoms with E-state index < -0.39 is 7.14 Å². The molecule has 1 aliphatic rings. The zero-order valence-electron chi connectivity index (χ0n) is 25.8. The smallest absolute Gasteiger partial charge is 0.171 e. The summed E-state index contributed by atoms with van der Waals surface area (Å²) >= 11 is 0. The van der Waals surface area contributed by atoms with E-state index in [4.69, 9.17) is 0 Å². The lowest BCUT2D eigenvalue weighted by Gasteiger charge is -2.35. The van der Waals surface area contributed by atoms with E-state index >= 15 is 4.57 Å². The van der Waals surface area contributed by atoms with Gasteiger partial charge in [-0.2, -0.15) is 0 Å². The maximum Gasteiger partial charge on any atom is 0.171 e. The Hall–Kier alpha value is -5.17. The molecule has 9 rings (SSSR count). The molecule has 0 unspecified atom stereocenters. The van der Waals surface area contributed by atoms with Crippen LogP contribution >= 0.6 is 7.14 Å². The molecule has 3 heteroatoms. The van der Waals surface area contributed by atoms with Gasteiger partial charge in [0.1, 0.15) is 0 Å². The van der Waals surface area contributed by atoms with E-state index in [1.807, 2.05) is 60.7 Å². The Morgan fingerprint density at radius 2 is 1.11 bits per heavy atom. The van der Waals surface area contributed by atoms with Gasteiger partial charge in [0.15, 0.2) is 7.14 Å². The Morgan fingerprint density at radius 3 is 1.83 bits per heavy atom. The van der Waals surface area contributed by atoms with Gasteiger partial charge >= 0.3 is 0 Å². The Bertz CT molecular complexity index is 2460.